The Morgan fingerprint density at radius 1 is 0.889 bits per heavy atom. The van der Waals surface area contributed by atoms with Crippen molar-refractivity contribution >= 4 is 41.4 Å². The number of benzene rings is 1. The maximum Gasteiger partial charge on any atom is 0.326 e. The molecule has 1 aromatic rings. The fraction of sp³-hybridized carbons (Fsp3) is 0.542. The molecule has 0 fully saturated rings. The number of carbonyl (C=O) groups is 5. The van der Waals surface area contributed by atoms with Gasteiger partial charge in [-0.05, 0) is 36.3 Å². The van der Waals surface area contributed by atoms with Gasteiger partial charge in [0.25, 0.3) is 0 Å². The number of thioether (sulfide) groups is 1. The molecule has 0 heterocycles. The average Bonchev–Trinajstić information content (AvgIpc) is 2.80. The number of aliphatic carboxylic acids is 2. The maximum absolute atomic E-state index is 13.1. The van der Waals surface area contributed by atoms with Crippen LogP contribution >= 0.6 is 11.8 Å². The highest BCUT2D eigenvalue weighted by Crippen LogP contribution is 2.09. The molecule has 1 rings (SSSR count). The molecule has 36 heavy (non-hydrogen) atoms. The molecule has 4 atom stereocenters. The summed E-state index contributed by atoms with van der Waals surface area (Å²) < 4.78 is 0. The molecule has 0 aliphatic rings. The lowest BCUT2D eigenvalue weighted by Crippen LogP contribution is -2.57. The van der Waals surface area contributed by atoms with Crippen molar-refractivity contribution in [2.45, 2.75) is 63.7 Å². The van der Waals surface area contributed by atoms with Crippen LogP contribution < -0.4 is 21.7 Å². The Labute approximate surface area is 215 Å². The lowest BCUT2D eigenvalue weighted by atomic mass is 10.0. The van der Waals surface area contributed by atoms with Crippen molar-refractivity contribution in [3.8, 4) is 0 Å². The van der Waals surface area contributed by atoms with E-state index in [9.17, 15) is 29.1 Å². The second-order valence-electron chi connectivity index (χ2n) is 8.83. The van der Waals surface area contributed by atoms with Crippen LogP contribution in [0.1, 0.15) is 38.7 Å². The van der Waals surface area contributed by atoms with Gasteiger partial charge in [0.1, 0.15) is 18.1 Å². The first-order chi connectivity index (χ1) is 16.9. The average molecular weight is 525 g/mol. The lowest BCUT2D eigenvalue weighted by molar-refractivity contribution is -0.142. The van der Waals surface area contributed by atoms with E-state index in [4.69, 9.17) is 10.8 Å². The van der Waals surface area contributed by atoms with Gasteiger partial charge < -0.3 is 31.9 Å². The molecule has 0 saturated carbocycles. The number of rotatable bonds is 16. The molecular weight excluding hydrogens is 488 g/mol. The molecule has 7 N–H and O–H groups in total. The summed E-state index contributed by atoms with van der Waals surface area (Å²) in [5.74, 6) is -4.05. The molecule has 0 aliphatic carbocycles. The van der Waals surface area contributed by atoms with Gasteiger partial charge in [-0.25, -0.2) is 4.79 Å². The summed E-state index contributed by atoms with van der Waals surface area (Å²) in [5, 5.41) is 26.1. The number of hydrogen-bond donors (Lipinski definition) is 6. The highest BCUT2D eigenvalue weighted by atomic mass is 32.2. The Balaban J connectivity index is 2.98. The van der Waals surface area contributed by atoms with Gasteiger partial charge in [0.15, 0.2) is 0 Å². The number of carbonyl (C=O) groups excluding carboxylic acids is 3. The van der Waals surface area contributed by atoms with E-state index in [1.165, 1.54) is 11.8 Å². The third-order valence-electron chi connectivity index (χ3n) is 5.21. The van der Waals surface area contributed by atoms with E-state index in [2.05, 4.69) is 16.0 Å². The Hall–Kier alpha value is -3.12. The molecule has 4 unspecified atom stereocenters. The van der Waals surface area contributed by atoms with Crippen molar-refractivity contribution in [3.63, 3.8) is 0 Å². The van der Waals surface area contributed by atoms with Crippen LogP contribution in [0.3, 0.4) is 0 Å². The molecular formula is C24H36N4O7S. The quantitative estimate of drug-likeness (QED) is 0.177. The Kier molecular flexibility index (Phi) is 13.6. The predicted octanol–water partition coefficient (Wildman–Crippen LogP) is 0.369. The number of nitrogens with two attached hydrogens (primary N) is 1. The molecule has 0 bridgehead atoms. The molecule has 0 saturated heterocycles. The van der Waals surface area contributed by atoms with Crippen molar-refractivity contribution in [2.24, 2.45) is 11.7 Å². The van der Waals surface area contributed by atoms with Crippen molar-refractivity contribution in [1.29, 1.82) is 0 Å². The molecule has 0 radical (unpaired) electrons. The minimum Gasteiger partial charge on any atom is -0.481 e. The summed E-state index contributed by atoms with van der Waals surface area (Å²) in [6.07, 6.45) is 1.76. The monoisotopic (exact) mass is 524 g/mol. The van der Waals surface area contributed by atoms with E-state index in [0.717, 1.165) is 5.56 Å². The summed E-state index contributed by atoms with van der Waals surface area (Å²) in [7, 11) is 0. The van der Waals surface area contributed by atoms with E-state index in [1.807, 2.05) is 20.1 Å². The van der Waals surface area contributed by atoms with Crippen LogP contribution in [-0.4, -0.2) is 76.0 Å². The van der Waals surface area contributed by atoms with Gasteiger partial charge in [-0.3, -0.25) is 19.2 Å². The molecule has 0 aromatic heterocycles. The molecule has 0 aliphatic heterocycles. The van der Waals surface area contributed by atoms with Gasteiger partial charge in [-0.2, -0.15) is 11.8 Å². The highest BCUT2D eigenvalue weighted by molar-refractivity contribution is 7.98. The maximum atomic E-state index is 13.1. The van der Waals surface area contributed by atoms with E-state index in [1.54, 1.807) is 30.3 Å². The van der Waals surface area contributed by atoms with Gasteiger partial charge in [0.05, 0.1) is 12.5 Å². The second kappa shape index (κ2) is 15.8. The molecule has 3 amide bonds. The summed E-state index contributed by atoms with van der Waals surface area (Å²) >= 11 is 1.45. The normalized spacial score (nSPS) is 14.2. The second-order valence-corrected chi connectivity index (χ2v) is 9.81. The van der Waals surface area contributed by atoms with Crippen LogP contribution in [0.4, 0.5) is 0 Å². The van der Waals surface area contributed by atoms with Gasteiger partial charge in [0, 0.05) is 6.42 Å². The molecule has 1 aromatic carbocycles. The van der Waals surface area contributed by atoms with Crippen LogP contribution in [0, 0.1) is 5.92 Å². The summed E-state index contributed by atoms with van der Waals surface area (Å²) in [6, 6.07) is 4.21. The minimum absolute atomic E-state index is 0.0162. The van der Waals surface area contributed by atoms with Crippen molar-refractivity contribution < 1.29 is 34.2 Å². The van der Waals surface area contributed by atoms with Crippen LogP contribution in [-0.2, 0) is 30.4 Å². The van der Waals surface area contributed by atoms with Gasteiger partial charge >= 0.3 is 11.9 Å². The predicted molar refractivity (Wildman–Crippen MR) is 136 cm³/mol. The zero-order valence-electron chi connectivity index (χ0n) is 20.7. The first-order valence-electron chi connectivity index (χ1n) is 11.6. The number of amides is 3. The van der Waals surface area contributed by atoms with Gasteiger partial charge in [-0.15, -0.1) is 0 Å². The third kappa shape index (κ3) is 11.5. The fourth-order valence-corrected chi connectivity index (χ4v) is 3.83. The Morgan fingerprint density at radius 3 is 1.97 bits per heavy atom. The Morgan fingerprint density at radius 2 is 1.44 bits per heavy atom. The molecule has 200 valence electrons. The van der Waals surface area contributed by atoms with Gasteiger partial charge in [0.2, 0.25) is 17.7 Å². The van der Waals surface area contributed by atoms with Crippen molar-refractivity contribution in [3.05, 3.63) is 35.9 Å². The highest BCUT2D eigenvalue weighted by Gasteiger charge is 2.31. The van der Waals surface area contributed by atoms with Crippen LogP contribution in [0.15, 0.2) is 30.3 Å². The van der Waals surface area contributed by atoms with Crippen molar-refractivity contribution in [1.82, 2.24) is 16.0 Å². The number of carboxylic acid groups (broad SMARTS) is 2. The molecule has 12 heteroatoms. The molecule has 0 spiro atoms. The standard InChI is InChI=1S/C24H36N4O7S/c1-14(2)11-18(27-21(31)16(25)13-20(29)30)23(33)26-17(9-10-36-3)22(32)28-19(24(34)35)12-15-7-5-4-6-8-15/h4-8,14,16-19H,9-13,25H2,1-3H3,(H,26,33)(H,27,31)(H,28,32)(H,29,30)(H,34,35). The van der Waals surface area contributed by atoms with Crippen LogP contribution in [0.2, 0.25) is 0 Å². The number of carboxylic acids is 2. The molecule has 11 nitrogen and oxygen atoms in total. The smallest absolute Gasteiger partial charge is 0.326 e. The van der Waals surface area contributed by atoms with E-state index in [0.29, 0.717) is 5.75 Å². The summed E-state index contributed by atoms with van der Waals surface area (Å²) in [5.41, 5.74) is 6.34. The third-order valence-corrected chi connectivity index (χ3v) is 5.86. The van der Waals surface area contributed by atoms with Crippen LogP contribution in [0.25, 0.3) is 0 Å². The van der Waals surface area contributed by atoms with Gasteiger partial charge in [-0.1, -0.05) is 44.2 Å². The van der Waals surface area contributed by atoms with E-state index in [-0.39, 0.29) is 25.2 Å². The SMILES string of the molecule is CSCCC(NC(=O)C(CC(C)C)NC(=O)C(N)CC(=O)O)C(=O)NC(Cc1ccccc1)C(=O)O. The van der Waals surface area contributed by atoms with Crippen LogP contribution in [0.5, 0.6) is 0 Å². The minimum atomic E-state index is -1.34. The van der Waals surface area contributed by atoms with E-state index < -0.39 is 60.2 Å². The van der Waals surface area contributed by atoms with Crippen molar-refractivity contribution in [2.75, 3.05) is 12.0 Å². The number of nitrogens with one attached hydrogen (secondary N) is 3. The Bertz CT molecular complexity index is 898. The lowest BCUT2D eigenvalue weighted by Gasteiger charge is -2.26. The zero-order valence-corrected chi connectivity index (χ0v) is 21.5. The fourth-order valence-electron chi connectivity index (χ4n) is 3.36. The topological polar surface area (TPSA) is 188 Å². The largest absolute Gasteiger partial charge is 0.481 e. The van der Waals surface area contributed by atoms with E-state index >= 15 is 0 Å². The summed E-state index contributed by atoms with van der Waals surface area (Å²) in [4.78, 5) is 61.0. The first kappa shape index (κ1) is 30.9. The first-order valence-corrected chi connectivity index (χ1v) is 13.0. The summed E-state index contributed by atoms with van der Waals surface area (Å²) in [6.45, 7) is 3.67. The zero-order chi connectivity index (χ0) is 27.3. The number of hydrogen-bond acceptors (Lipinski definition) is 7.